The molecule has 0 aromatic heterocycles. The molecule has 1 N–H and O–H groups in total. The van der Waals surface area contributed by atoms with E-state index < -0.39 is 0 Å². The molecule has 3 heteroatoms. The lowest BCUT2D eigenvalue weighted by Gasteiger charge is -2.59. The molecule has 4 aliphatic rings. The van der Waals surface area contributed by atoms with Gasteiger partial charge in [0.25, 0.3) is 5.91 Å². The summed E-state index contributed by atoms with van der Waals surface area (Å²) in [6.45, 7) is 6.64. The van der Waals surface area contributed by atoms with Gasteiger partial charge in [0.15, 0.2) is 6.61 Å². The van der Waals surface area contributed by atoms with E-state index in [9.17, 15) is 4.79 Å². The van der Waals surface area contributed by atoms with Gasteiger partial charge >= 0.3 is 0 Å². The van der Waals surface area contributed by atoms with Crippen LogP contribution in [0.25, 0.3) is 0 Å². The predicted octanol–water partition coefficient (Wildman–Crippen LogP) is 4.91. The molecular formula is C23H33NO2. The molecule has 4 saturated carbocycles. The van der Waals surface area contributed by atoms with Gasteiger partial charge in [0.05, 0.1) is 0 Å². The highest BCUT2D eigenvalue weighted by Gasteiger charge is 2.53. The number of ether oxygens (including phenoxy) is 1. The van der Waals surface area contributed by atoms with Gasteiger partial charge in [-0.3, -0.25) is 4.79 Å². The van der Waals surface area contributed by atoms with Crippen LogP contribution in [-0.2, 0) is 4.79 Å². The molecule has 142 valence electrons. The molecule has 1 aromatic rings. The molecule has 0 spiro atoms. The maximum Gasteiger partial charge on any atom is 0.258 e. The number of hydrogen-bond acceptors (Lipinski definition) is 2. The highest BCUT2D eigenvalue weighted by Crippen LogP contribution is 2.61. The molecule has 4 bridgehead atoms. The smallest absolute Gasteiger partial charge is 0.258 e. The van der Waals surface area contributed by atoms with Gasteiger partial charge in [0.2, 0.25) is 0 Å². The molecule has 5 rings (SSSR count). The third-order valence-corrected chi connectivity index (χ3v) is 7.28. The van der Waals surface area contributed by atoms with Crippen LogP contribution < -0.4 is 10.1 Å². The number of hydrogen-bond donors (Lipinski definition) is 1. The highest BCUT2D eigenvalue weighted by molar-refractivity contribution is 5.78. The standard InChI is InChI=1S/C23H33NO2/c1-15(2)20-6-4-5-7-21(20)26-14-22(25)24-16(3)23-11-17-8-18(12-23)10-19(9-17)13-23/h4-7,15-19H,8-14H2,1-3H3,(H,24,25)/t16-,17?,18?,19?,23?/m0/s1. The summed E-state index contributed by atoms with van der Waals surface area (Å²) in [4.78, 5) is 12.6. The van der Waals surface area contributed by atoms with Crippen LogP contribution in [0, 0.1) is 23.2 Å². The first-order valence-corrected chi connectivity index (χ1v) is 10.5. The van der Waals surface area contributed by atoms with Crippen molar-refractivity contribution in [1.29, 1.82) is 0 Å². The van der Waals surface area contributed by atoms with E-state index in [2.05, 4.69) is 32.2 Å². The Hall–Kier alpha value is -1.51. The fourth-order valence-electron chi connectivity index (χ4n) is 6.38. The van der Waals surface area contributed by atoms with Crippen molar-refractivity contribution in [2.24, 2.45) is 23.2 Å². The number of para-hydroxylation sites is 1. The zero-order chi connectivity index (χ0) is 18.3. The van der Waals surface area contributed by atoms with E-state index in [-0.39, 0.29) is 18.6 Å². The Morgan fingerprint density at radius 3 is 2.23 bits per heavy atom. The molecule has 1 amide bonds. The fraction of sp³-hybridized carbons (Fsp3) is 0.696. The lowest BCUT2D eigenvalue weighted by molar-refractivity contribution is -0.127. The zero-order valence-corrected chi connectivity index (χ0v) is 16.5. The summed E-state index contributed by atoms with van der Waals surface area (Å²) in [6.07, 6.45) is 8.27. The lowest BCUT2D eigenvalue weighted by Crippen LogP contribution is -2.56. The first-order valence-electron chi connectivity index (χ1n) is 10.5. The van der Waals surface area contributed by atoms with Crippen LogP contribution in [-0.4, -0.2) is 18.6 Å². The molecule has 0 radical (unpaired) electrons. The van der Waals surface area contributed by atoms with E-state index >= 15 is 0 Å². The van der Waals surface area contributed by atoms with Crippen molar-refractivity contribution in [2.45, 2.75) is 71.3 Å². The number of amides is 1. The molecule has 4 aliphatic carbocycles. The summed E-state index contributed by atoms with van der Waals surface area (Å²) in [7, 11) is 0. The zero-order valence-electron chi connectivity index (χ0n) is 16.5. The molecule has 1 aromatic carbocycles. The maximum atomic E-state index is 12.6. The van der Waals surface area contributed by atoms with Gasteiger partial charge < -0.3 is 10.1 Å². The van der Waals surface area contributed by atoms with Crippen molar-refractivity contribution in [3.8, 4) is 5.75 Å². The van der Waals surface area contributed by atoms with Gasteiger partial charge in [-0.25, -0.2) is 0 Å². The minimum Gasteiger partial charge on any atom is -0.483 e. The summed E-state index contributed by atoms with van der Waals surface area (Å²) in [5.41, 5.74) is 1.51. The molecule has 0 unspecified atom stereocenters. The topological polar surface area (TPSA) is 38.3 Å². The molecular weight excluding hydrogens is 322 g/mol. The molecule has 4 fully saturated rings. The second-order valence-corrected chi connectivity index (χ2v) is 9.55. The van der Waals surface area contributed by atoms with Crippen molar-refractivity contribution in [3.05, 3.63) is 29.8 Å². The Bertz CT molecular complexity index is 631. The summed E-state index contributed by atoms with van der Waals surface area (Å²) < 4.78 is 5.87. The third-order valence-electron chi connectivity index (χ3n) is 7.28. The Labute approximate surface area is 157 Å². The van der Waals surface area contributed by atoms with Gasteiger partial charge in [-0.2, -0.15) is 0 Å². The van der Waals surface area contributed by atoms with Crippen LogP contribution in [0.1, 0.15) is 70.8 Å². The molecule has 3 nitrogen and oxygen atoms in total. The highest BCUT2D eigenvalue weighted by atomic mass is 16.5. The number of carbonyl (C=O) groups excluding carboxylic acids is 1. The Kier molecular flexibility index (Phi) is 4.75. The first-order chi connectivity index (χ1) is 12.4. The van der Waals surface area contributed by atoms with Gasteiger partial charge in [0.1, 0.15) is 5.75 Å². The SMILES string of the molecule is CC(C)c1ccccc1OCC(=O)N[C@@H](C)C12CC3CC(CC(C3)C1)C2. The first kappa shape index (κ1) is 17.9. The van der Waals surface area contributed by atoms with Gasteiger partial charge in [0, 0.05) is 6.04 Å². The van der Waals surface area contributed by atoms with Crippen LogP contribution in [0.4, 0.5) is 0 Å². The summed E-state index contributed by atoms with van der Waals surface area (Å²) in [5.74, 6) is 3.98. The van der Waals surface area contributed by atoms with E-state index in [1.54, 1.807) is 0 Å². The molecule has 1 atom stereocenters. The minimum absolute atomic E-state index is 0.0202. The Morgan fingerprint density at radius 2 is 1.65 bits per heavy atom. The van der Waals surface area contributed by atoms with E-state index in [1.165, 1.54) is 38.5 Å². The van der Waals surface area contributed by atoms with E-state index in [4.69, 9.17) is 4.74 Å². The van der Waals surface area contributed by atoms with Crippen molar-refractivity contribution in [2.75, 3.05) is 6.61 Å². The Morgan fingerprint density at radius 1 is 1.08 bits per heavy atom. The van der Waals surface area contributed by atoms with Gasteiger partial charge in [-0.1, -0.05) is 32.0 Å². The lowest BCUT2D eigenvalue weighted by atomic mass is 9.48. The maximum absolute atomic E-state index is 12.6. The van der Waals surface area contributed by atoms with E-state index in [0.717, 1.165) is 29.1 Å². The van der Waals surface area contributed by atoms with Crippen LogP contribution in [0.15, 0.2) is 24.3 Å². The monoisotopic (exact) mass is 355 g/mol. The third kappa shape index (κ3) is 3.37. The fourth-order valence-corrected chi connectivity index (χ4v) is 6.38. The van der Waals surface area contributed by atoms with Crippen LogP contribution in [0.3, 0.4) is 0 Å². The molecule has 0 heterocycles. The minimum atomic E-state index is 0.0202. The summed E-state index contributed by atoms with van der Waals surface area (Å²) >= 11 is 0. The second-order valence-electron chi connectivity index (χ2n) is 9.55. The second kappa shape index (κ2) is 6.90. The van der Waals surface area contributed by atoms with Gasteiger partial charge in [-0.05, 0) is 86.2 Å². The van der Waals surface area contributed by atoms with Crippen molar-refractivity contribution in [1.82, 2.24) is 5.32 Å². The van der Waals surface area contributed by atoms with Crippen molar-refractivity contribution < 1.29 is 9.53 Å². The number of benzene rings is 1. The predicted molar refractivity (Wildman–Crippen MR) is 104 cm³/mol. The average molecular weight is 356 g/mol. The van der Waals surface area contributed by atoms with Crippen molar-refractivity contribution >= 4 is 5.91 Å². The number of rotatable bonds is 6. The quantitative estimate of drug-likeness (QED) is 0.787. The average Bonchev–Trinajstić information content (AvgIpc) is 2.59. The van der Waals surface area contributed by atoms with Gasteiger partial charge in [-0.15, -0.1) is 0 Å². The van der Waals surface area contributed by atoms with Crippen LogP contribution in [0.2, 0.25) is 0 Å². The van der Waals surface area contributed by atoms with Crippen LogP contribution in [0.5, 0.6) is 5.75 Å². The van der Waals surface area contributed by atoms with E-state index in [0.29, 0.717) is 11.3 Å². The normalized spacial score (nSPS) is 33.3. The summed E-state index contributed by atoms with van der Waals surface area (Å²) in [6, 6.07) is 8.29. The Balaban J connectivity index is 1.35. The van der Waals surface area contributed by atoms with Crippen molar-refractivity contribution in [3.63, 3.8) is 0 Å². The molecule has 0 saturated heterocycles. The number of carbonyl (C=O) groups is 1. The van der Waals surface area contributed by atoms with E-state index in [1.807, 2.05) is 18.2 Å². The molecule has 0 aliphatic heterocycles. The largest absolute Gasteiger partial charge is 0.483 e. The summed E-state index contributed by atoms with van der Waals surface area (Å²) in [5, 5.41) is 3.29. The molecule has 26 heavy (non-hydrogen) atoms. The number of nitrogens with one attached hydrogen (secondary N) is 1. The van der Waals surface area contributed by atoms with Crippen LogP contribution >= 0.6 is 0 Å².